The van der Waals surface area contributed by atoms with Crippen LogP contribution in [0, 0.1) is 0 Å². The molecule has 182 valence electrons. The number of nitrogens with two attached hydrogens (primary N) is 1. The number of hydrogen-bond acceptors (Lipinski definition) is 11. The number of rotatable bonds is 10. The normalized spacial score (nSPS) is 25.1. The van der Waals surface area contributed by atoms with Gasteiger partial charge in [0, 0.05) is 38.2 Å². The Hall–Kier alpha value is -3.45. The number of primary amides is 1. The molecule has 0 saturated carbocycles. The zero-order valence-corrected chi connectivity index (χ0v) is 18.0. The second kappa shape index (κ2) is 11.4. The fraction of sp³-hybridized carbons (Fsp3) is 0.550. The van der Waals surface area contributed by atoms with Crippen molar-refractivity contribution in [1.29, 1.82) is 0 Å². The number of carbonyl (C=O) groups excluding carboxylic acids is 4. The first-order valence-corrected chi connectivity index (χ1v) is 10.0. The van der Waals surface area contributed by atoms with Gasteiger partial charge in [0.25, 0.3) is 0 Å². The van der Waals surface area contributed by atoms with E-state index in [1.54, 1.807) is 12.3 Å². The highest BCUT2D eigenvalue weighted by Crippen LogP contribution is 2.33. The molecule has 2 heterocycles. The van der Waals surface area contributed by atoms with E-state index in [-0.39, 0.29) is 18.6 Å². The number of aliphatic hydroxyl groups is 1. The van der Waals surface area contributed by atoms with Crippen LogP contribution in [0.25, 0.3) is 0 Å². The van der Waals surface area contributed by atoms with Crippen LogP contribution in [0.2, 0.25) is 0 Å². The maximum Gasteiger partial charge on any atom is 0.333 e. The number of hydrogen-bond donors (Lipinski definition) is 3. The van der Waals surface area contributed by atoms with E-state index in [1.807, 2.05) is 0 Å². The Kier molecular flexibility index (Phi) is 8.94. The van der Waals surface area contributed by atoms with Gasteiger partial charge < -0.3 is 39.8 Å². The van der Waals surface area contributed by atoms with Gasteiger partial charge in [-0.1, -0.05) is 6.08 Å². The molecule has 0 aromatic carbocycles. The molecule has 13 heteroatoms. The van der Waals surface area contributed by atoms with Crippen molar-refractivity contribution >= 4 is 29.8 Å². The van der Waals surface area contributed by atoms with E-state index in [2.05, 4.69) is 0 Å². The SMILES string of the molecule is CC(=O)O[C@@H]1[C@H](OC(C)=O)[C@@H](CCOC(=O)C[C@H](O)C(=O)O)O[C@H]1N1C=CCC(C(N)=O)=C1. The van der Waals surface area contributed by atoms with Crippen molar-refractivity contribution in [1.82, 2.24) is 4.90 Å². The topological polar surface area (TPSA) is 192 Å². The predicted molar refractivity (Wildman–Crippen MR) is 106 cm³/mol. The van der Waals surface area contributed by atoms with Crippen molar-refractivity contribution in [2.45, 2.75) is 63.8 Å². The molecular weight excluding hydrogens is 444 g/mol. The molecule has 0 aromatic rings. The van der Waals surface area contributed by atoms with Gasteiger partial charge in [-0.05, 0) is 6.42 Å². The number of carbonyl (C=O) groups is 5. The van der Waals surface area contributed by atoms with E-state index in [0.717, 1.165) is 6.92 Å². The highest BCUT2D eigenvalue weighted by molar-refractivity contribution is 5.92. The monoisotopic (exact) mass is 470 g/mol. The summed E-state index contributed by atoms with van der Waals surface area (Å²) in [5, 5.41) is 17.9. The number of amides is 1. The molecule has 0 unspecified atom stereocenters. The Morgan fingerprint density at radius 3 is 2.39 bits per heavy atom. The molecule has 0 bridgehead atoms. The highest BCUT2D eigenvalue weighted by atomic mass is 16.6. The molecule has 2 rings (SSSR count). The van der Waals surface area contributed by atoms with Gasteiger partial charge in [-0.25, -0.2) is 4.79 Å². The standard InChI is InChI=1S/C20H26N2O11/c1-10(23)31-16-14(5-7-30-15(26)8-13(25)20(28)29)33-19(17(16)32-11(2)24)22-6-3-4-12(9-22)18(21)27/h3,6,9,13-14,16-17,19,25H,4-5,7-8H2,1-2H3,(H2,21,27)(H,28,29)/t13-,14+,16+,17+,19+/m0/s1. The zero-order valence-electron chi connectivity index (χ0n) is 18.0. The summed E-state index contributed by atoms with van der Waals surface area (Å²) in [6.45, 7) is 2.07. The minimum absolute atomic E-state index is 0.00887. The average molecular weight is 470 g/mol. The van der Waals surface area contributed by atoms with Gasteiger partial charge in [0.1, 0.15) is 6.10 Å². The molecular formula is C20H26N2O11. The first-order valence-electron chi connectivity index (χ1n) is 10.0. The van der Waals surface area contributed by atoms with Gasteiger partial charge in [0.2, 0.25) is 5.91 Å². The second-order valence-electron chi connectivity index (χ2n) is 7.34. The van der Waals surface area contributed by atoms with Crippen molar-refractivity contribution in [2.24, 2.45) is 5.73 Å². The summed E-state index contributed by atoms with van der Waals surface area (Å²) in [7, 11) is 0. The molecule has 5 atom stereocenters. The highest BCUT2D eigenvalue weighted by Gasteiger charge is 2.51. The van der Waals surface area contributed by atoms with Gasteiger partial charge >= 0.3 is 23.9 Å². The van der Waals surface area contributed by atoms with Crippen molar-refractivity contribution < 1.29 is 53.1 Å². The second-order valence-corrected chi connectivity index (χ2v) is 7.34. The zero-order chi connectivity index (χ0) is 24.7. The lowest BCUT2D eigenvalue weighted by atomic mass is 10.1. The first-order chi connectivity index (χ1) is 15.5. The molecule has 33 heavy (non-hydrogen) atoms. The van der Waals surface area contributed by atoms with Crippen LogP contribution < -0.4 is 5.73 Å². The van der Waals surface area contributed by atoms with E-state index < -0.39 is 66.8 Å². The van der Waals surface area contributed by atoms with Crippen molar-refractivity contribution in [3.05, 3.63) is 24.0 Å². The fourth-order valence-corrected chi connectivity index (χ4v) is 3.32. The summed E-state index contributed by atoms with van der Waals surface area (Å²) in [4.78, 5) is 58.8. The Bertz CT molecular complexity index is 853. The van der Waals surface area contributed by atoms with Gasteiger partial charge in [0.15, 0.2) is 24.5 Å². The van der Waals surface area contributed by atoms with Gasteiger partial charge in [-0.2, -0.15) is 0 Å². The molecule has 4 N–H and O–H groups in total. The molecule has 2 aliphatic heterocycles. The van der Waals surface area contributed by atoms with Crippen LogP contribution in [-0.4, -0.2) is 82.1 Å². The smallest absolute Gasteiger partial charge is 0.333 e. The number of carboxylic acid groups (broad SMARTS) is 1. The van der Waals surface area contributed by atoms with Gasteiger partial charge in [0.05, 0.1) is 13.0 Å². The summed E-state index contributed by atoms with van der Waals surface area (Å²) >= 11 is 0. The van der Waals surface area contributed by atoms with Crippen LogP contribution in [0.3, 0.4) is 0 Å². The Labute approximate surface area is 188 Å². The van der Waals surface area contributed by atoms with Crippen LogP contribution >= 0.6 is 0 Å². The summed E-state index contributed by atoms with van der Waals surface area (Å²) in [6, 6.07) is 0. The molecule has 2 aliphatic rings. The van der Waals surface area contributed by atoms with Crippen LogP contribution in [0.5, 0.6) is 0 Å². The predicted octanol–water partition coefficient (Wildman–Crippen LogP) is -1.07. The number of esters is 3. The molecule has 0 spiro atoms. The first kappa shape index (κ1) is 25.8. The molecule has 0 aromatic heterocycles. The van der Waals surface area contributed by atoms with Crippen LogP contribution in [-0.2, 0) is 42.9 Å². The number of allylic oxidation sites excluding steroid dienone is 1. The van der Waals surface area contributed by atoms with E-state index in [9.17, 15) is 29.1 Å². The number of aliphatic hydroxyl groups excluding tert-OH is 1. The summed E-state index contributed by atoms with van der Waals surface area (Å²) < 4.78 is 21.6. The quantitative estimate of drug-likeness (QED) is 0.259. The van der Waals surface area contributed by atoms with Crippen LogP contribution in [0.4, 0.5) is 0 Å². The lowest BCUT2D eigenvalue weighted by molar-refractivity contribution is -0.166. The number of carboxylic acids is 1. The molecule has 13 nitrogen and oxygen atoms in total. The third-order valence-corrected chi connectivity index (χ3v) is 4.73. The Morgan fingerprint density at radius 1 is 1.18 bits per heavy atom. The van der Waals surface area contributed by atoms with Gasteiger partial charge in [-0.15, -0.1) is 0 Å². The minimum atomic E-state index is -1.90. The van der Waals surface area contributed by atoms with Crippen molar-refractivity contribution in [3.8, 4) is 0 Å². The largest absolute Gasteiger partial charge is 0.479 e. The van der Waals surface area contributed by atoms with E-state index >= 15 is 0 Å². The van der Waals surface area contributed by atoms with E-state index in [4.69, 9.17) is 29.8 Å². The summed E-state index contributed by atoms with van der Waals surface area (Å²) in [5.74, 6) is -4.50. The average Bonchev–Trinajstić information content (AvgIpc) is 3.04. The number of ether oxygens (including phenoxy) is 4. The summed E-state index contributed by atoms with van der Waals surface area (Å²) in [6.07, 6.45) is -1.71. The maximum atomic E-state index is 11.7. The Balaban J connectivity index is 2.16. The van der Waals surface area contributed by atoms with E-state index in [1.165, 1.54) is 18.0 Å². The molecule has 1 saturated heterocycles. The third kappa shape index (κ3) is 7.29. The molecule has 0 radical (unpaired) electrons. The Morgan fingerprint density at radius 2 is 1.82 bits per heavy atom. The van der Waals surface area contributed by atoms with Crippen molar-refractivity contribution in [2.75, 3.05) is 6.61 Å². The molecule has 1 amide bonds. The van der Waals surface area contributed by atoms with Gasteiger partial charge in [-0.3, -0.25) is 19.2 Å². The molecule has 0 aliphatic carbocycles. The number of nitrogens with zero attached hydrogens (tertiary/aromatic N) is 1. The van der Waals surface area contributed by atoms with Crippen LogP contribution in [0.15, 0.2) is 24.0 Å². The maximum absolute atomic E-state index is 11.7. The van der Waals surface area contributed by atoms with Crippen molar-refractivity contribution in [3.63, 3.8) is 0 Å². The van der Waals surface area contributed by atoms with Crippen LogP contribution in [0.1, 0.15) is 33.1 Å². The fourth-order valence-electron chi connectivity index (χ4n) is 3.32. The third-order valence-electron chi connectivity index (χ3n) is 4.73. The van der Waals surface area contributed by atoms with E-state index in [0.29, 0.717) is 6.42 Å². The molecule has 1 fully saturated rings. The minimum Gasteiger partial charge on any atom is -0.479 e. The lowest BCUT2D eigenvalue weighted by Crippen LogP contribution is -2.44. The number of aliphatic carboxylic acids is 1. The summed E-state index contributed by atoms with van der Waals surface area (Å²) in [5.41, 5.74) is 5.62. The lowest BCUT2D eigenvalue weighted by Gasteiger charge is -2.30.